The van der Waals surface area contributed by atoms with E-state index >= 15 is 0 Å². The minimum absolute atomic E-state index is 0.0359. The Hall–Kier alpha value is -1.36. The second-order valence-corrected chi connectivity index (χ2v) is 7.37. The van der Waals surface area contributed by atoms with Gasteiger partial charge in [0.1, 0.15) is 0 Å². The number of amides is 2. The summed E-state index contributed by atoms with van der Waals surface area (Å²) >= 11 is 1.68. The highest BCUT2D eigenvalue weighted by molar-refractivity contribution is 7.10. The molecule has 0 N–H and O–H groups in total. The molecule has 0 aromatic carbocycles. The van der Waals surface area contributed by atoms with Crippen LogP contribution in [0.2, 0.25) is 0 Å². The van der Waals surface area contributed by atoms with Crippen molar-refractivity contribution < 1.29 is 9.59 Å². The third-order valence-electron chi connectivity index (χ3n) is 4.53. The van der Waals surface area contributed by atoms with Gasteiger partial charge in [0.05, 0.1) is 6.04 Å². The molecule has 0 saturated carbocycles. The van der Waals surface area contributed by atoms with Crippen molar-refractivity contribution in [1.82, 2.24) is 9.80 Å². The second-order valence-electron chi connectivity index (χ2n) is 6.39. The van der Waals surface area contributed by atoms with Gasteiger partial charge in [0.15, 0.2) is 0 Å². The third-order valence-corrected chi connectivity index (χ3v) is 5.58. The van der Waals surface area contributed by atoms with Crippen LogP contribution < -0.4 is 0 Å². The first kappa shape index (κ1) is 17.0. The lowest BCUT2D eigenvalue weighted by Crippen LogP contribution is -2.45. The predicted molar refractivity (Wildman–Crippen MR) is 89.6 cm³/mol. The molecule has 22 heavy (non-hydrogen) atoms. The van der Waals surface area contributed by atoms with Crippen LogP contribution in [-0.4, -0.2) is 41.8 Å². The van der Waals surface area contributed by atoms with E-state index in [1.54, 1.807) is 11.3 Å². The van der Waals surface area contributed by atoms with Crippen LogP contribution in [0.5, 0.6) is 0 Å². The van der Waals surface area contributed by atoms with Gasteiger partial charge in [-0.15, -0.1) is 11.3 Å². The summed E-state index contributed by atoms with van der Waals surface area (Å²) in [5.74, 6) is 0.487. The number of carbonyl (C=O) groups excluding carboxylic acids is 2. The van der Waals surface area contributed by atoms with Crippen LogP contribution in [0.1, 0.15) is 44.5 Å². The topological polar surface area (TPSA) is 40.6 Å². The average Bonchev–Trinajstić information content (AvgIpc) is 3.06. The number of likely N-dealkylation sites (tertiary alicyclic amines) is 1. The maximum absolute atomic E-state index is 12.7. The maximum Gasteiger partial charge on any atom is 0.226 e. The Morgan fingerprint density at radius 1 is 1.27 bits per heavy atom. The molecule has 122 valence electrons. The highest BCUT2D eigenvalue weighted by atomic mass is 32.1. The minimum atomic E-state index is 0.0359. The molecule has 1 aromatic heterocycles. The van der Waals surface area contributed by atoms with Crippen molar-refractivity contribution in [2.75, 3.05) is 20.1 Å². The lowest BCUT2D eigenvalue weighted by Gasteiger charge is -2.35. The van der Waals surface area contributed by atoms with Crippen LogP contribution in [0.4, 0.5) is 0 Å². The van der Waals surface area contributed by atoms with Gasteiger partial charge in [-0.3, -0.25) is 9.59 Å². The zero-order valence-corrected chi connectivity index (χ0v) is 14.7. The molecule has 2 heterocycles. The molecule has 4 nitrogen and oxygen atoms in total. The number of piperidine rings is 1. The Balaban J connectivity index is 1.91. The van der Waals surface area contributed by atoms with E-state index in [9.17, 15) is 9.59 Å². The Kier molecular flexibility index (Phi) is 5.62. The van der Waals surface area contributed by atoms with E-state index in [0.29, 0.717) is 13.1 Å². The van der Waals surface area contributed by atoms with Crippen molar-refractivity contribution in [2.24, 2.45) is 11.8 Å². The SMILES string of the molecule is CC(C)C(=O)N1CCC(C(=O)N(C)C(C)c2cccs2)CC1. The zero-order chi connectivity index (χ0) is 16.3. The van der Waals surface area contributed by atoms with Gasteiger partial charge in [-0.25, -0.2) is 0 Å². The zero-order valence-electron chi connectivity index (χ0n) is 13.9. The van der Waals surface area contributed by atoms with Crippen molar-refractivity contribution in [3.63, 3.8) is 0 Å². The molecule has 0 spiro atoms. The molecule has 1 saturated heterocycles. The first-order valence-electron chi connectivity index (χ1n) is 8.00. The third kappa shape index (κ3) is 3.69. The van der Waals surface area contributed by atoms with Crippen LogP contribution in [0.3, 0.4) is 0 Å². The van der Waals surface area contributed by atoms with Crippen molar-refractivity contribution >= 4 is 23.2 Å². The van der Waals surface area contributed by atoms with E-state index in [1.165, 1.54) is 4.88 Å². The Morgan fingerprint density at radius 2 is 1.91 bits per heavy atom. The fourth-order valence-electron chi connectivity index (χ4n) is 2.91. The summed E-state index contributed by atoms with van der Waals surface area (Å²) in [5, 5.41) is 2.04. The molecule has 1 atom stereocenters. The lowest BCUT2D eigenvalue weighted by atomic mass is 9.94. The normalized spacial score (nSPS) is 17.6. The molecule has 2 amide bonds. The first-order chi connectivity index (χ1) is 10.4. The maximum atomic E-state index is 12.7. The lowest BCUT2D eigenvalue weighted by molar-refractivity contribution is -0.142. The van der Waals surface area contributed by atoms with Crippen LogP contribution >= 0.6 is 11.3 Å². The molecule has 1 aromatic rings. The summed E-state index contributed by atoms with van der Waals surface area (Å²) in [6.45, 7) is 7.33. The molecule has 5 heteroatoms. The van der Waals surface area contributed by atoms with E-state index in [0.717, 1.165) is 12.8 Å². The standard InChI is InChI=1S/C17H26N2O2S/c1-12(2)16(20)19-9-7-14(8-10-19)17(21)18(4)13(3)15-6-5-11-22-15/h5-6,11-14H,7-10H2,1-4H3. The molecule has 1 unspecified atom stereocenters. The molecule has 2 rings (SSSR count). The van der Waals surface area contributed by atoms with E-state index in [4.69, 9.17) is 0 Å². The Bertz CT molecular complexity index is 505. The van der Waals surface area contributed by atoms with Gasteiger partial charge in [0.25, 0.3) is 0 Å². The molecule has 1 aliphatic heterocycles. The van der Waals surface area contributed by atoms with Gasteiger partial charge < -0.3 is 9.80 Å². The van der Waals surface area contributed by atoms with Crippen LogP contribution in [-0.2, 0) is 9.59 Å². The summed E-state index contributed by atoms with van der Waals surface area (Å²) in [7, 11) is 1.89. The number of nitrogens with zero attached hydrogens (tertiary/aromatic N) is 2. The van der Waals surface area contributed by atoms with Gasteiger partial charge in [0, 0.05) is 36.9 Å². The van der Waals surface area contributed by atoms with E-state index in [1.807, 2.05) is 42.1 Å². The summed E-state index contributed by atoms with van der Waals surface area (Å²) < 4.78 is 0. The Labute approximate surface area is 137 Å². The molecule has 0 radical (unpaired) electrons. The van der Waals surface area contributed by atoms with Crippen molar-refractivity contribution in [1.29, 1.82) is 0 Å². The first-order valence-corrected chi connectivity index (χ1v) is 8.88. The smallest absolute Gasteiger partial charge is 0.226 e. The summed E-state index contributed by atoms with van der Waals surface area (Å²) in [6, 6.07) is 4.20. The molecule has 1 aliphatic rings. The largest absolute Gasteiger partial charge is 0.342 e. The molecule has 0 bridgehead atoms. The quantitative estimate of drug-likeness (QED) is 0.854. The fraction of sp³-hybridized carbons (Fsp3) is 0.647. The van der Waals surface area contributed by atoms with Crippen LogP contribution in [0.25, 0.3) is 0 Å². The van der Waals surface area contributed by atoms with Crippen molar-refractivity contribution in [3.05, 3.63) is 22.4 Å². The van der Waals surface area contributed by atoms with Gasteiger partial charge in [-0.2, -0.15) is 0 Å². The highest BCUT2D eigenvalue weighted by Crippen LogP contribution is 2.27. The number of thiophene rings is 1. The van der Waals surface area contributed by atoms with Crippen LogP contribution in [0, 0.1) is 11.8 Å². The van der Waals surface area contributed by atoms with Crippen molar-refractivity contribution in [3.8, 4) is 0 Å². The average molecular weight is 322 g/mol. The van der Waals surface area contributed by atoms with Gasteiger partial charge in [0.2, 0.25) is 11.8 Å². The summed E-state index contributed by atoms with van der Waals surface area (Å²) in [5.41, 5.74) is 0. The number of hydrogen-bond donors (Lipinski definition) is 0. The molecule has 1 fully saturated rings. The number of rotatable bonds is 4. The predicted octanol–water partition coefficient (Wildman–Crippen LogP) is 3.16. The van der Waals surface area contributed by atoms with Crippen molar-refractivity contribution in [2.45, 2.75) is 39.7 Å². The number of carbonyl (C=O) groups is 2. The molecule has 0 aliphatic carbocycles. The number of hydrogen-bond acceptors (Lipinski definition) is 3. The van der Waals surface area contributed by atoms with Gasteiger partial charge in [-0.1, -0.05) is 19.9 Å². The monoisotopic (exact) mass is 322 g/mol. The summed E-state index contributed by atoms with van der Waals surface area (Å²) in [6.07, 6.45) is 1.55. The van der Waals surface area contributed by atoms with E-state index in [2.05, 4.69) is 13.0 Å². The molecular formula is C17H26N2O2S. The highest BCUT2D eigenvalue weighted by Gasteiger charge is 2.31. The second kappa shape index (κ2) is 7.27. The van der Waals surface area contributed by atoms with Gasteiger partial charge >= 0.3 is 0 Å². The van der Waals surface area contributed by atoms with Gasteiger partial charge in [-0.05, 0) is 31.2 Å². The fourth-order valence-corrected chi connectivity index (χ4v) is 3.74. The van der Waals surface area contributed by atoms with E-state index < -0.39 is 0 Å². The molecular weight excluding hydrogens is 296 g/mol. The summed E-state index contributed by atoms with van der Waals surface area (Å²) in [4.78, 5) is 29.6. The van der Waals surface area contributed by atoms with Crippen LogP contribution in [0.15, 0.2) is 17.5 Å². The van der Waals surface area contributed by atoms with E-state index in [-0.39, 0.29) is 29.7 Å². The Morgan fingerprint density at radius 3 is 2.41 bits per heavy atom. The minimum Gasteiger partial charge on any atom is -0.342 e.